The molecule has 0 aliphatic carbocycles. The molecule has 3 rings (SSSR count). The van der Waals surface area contributed by atoms with Crippen molar-refractivity contribution in [2.24, 2.45) is 7.05 Å². The monoisotopic (exact) mass is 415 g/mol. The van der Waals surface area contributed by atoms with E-state index in [9.17, 15) is 19.8 Å². The second-order valence-corrected chi connectivity index (χ2v) is 6.96. The molecule has 8 heteroatoms. The van der Waals surface area contributed by atoms with E-state index in [0.717, 1.165) is 5.56 Å². The van der Waals surface area contributed by atoms with E-state index in [1.54, 1.807) is 19.2 Å². The van der Waals surface area contributed by atoms with Gasteiger partial charge in [0.25, 0.3) is 0 Å². The van der Waals surface area contributed by atoms with Crippen molar-refractivity contribution < 1.29 is 34.0 Å². The Morgan fingerprint density at radius 2 is 1.77 bits per heavy atom. The number of aliphatic hydroxyl groups excluding tert-OH is 2. The number of methoxy groups -OCH3 is 2. The molecule has 0 saturated carbocycles. The molecule has 1 fully saturated rings. The van der Waals surface area contributed by atoms with Crippen molar-refractivity contribution in [2.45, 2.75) is 24.7 Å². The number of hydrogen-bond acceptors (Lipinski definition) is 7. The third kappa shape index (κ3) is 4.02. The number of benzene rings is 1. The van der Waals surface area contributed by atoms with Crippen molar-refractivity contribution in [1.29, 1.82) is 0 Å². The summed E-state index contributed by atoms with van der Waals surface area (Å²) in [5.41, 5.74) is 2.02. The number of esters is 2. The van der Waals surface area contributed by atoms with Crippen LogP contribution < -0.4 is 0 Å². The van der Waals surface area contributed by atoms with Gasteiger partial charge in [0.15, 0.2) is 0 Å². The number of aromatic nitrogens is 1. The molecule has 160 valence electrons. The first-order chi connectivity index (χ1) is 14.4. The topological polar surface area (TPSA) is 107 Å². The lowest BCUT2D eigenvalue weighted by molar-refractivity contribution is -0.0228. The molecule has 0 spiro atoms. The van der Waals surface area contributed by atoms with Gasteiger partial charge in [0, 0.05) is 24.6 Å². The predicted molar refractivity (Wildman–Crippen MR) is 109 cm³/mol. The highest BCUT2D eigenvalue weighted by molar-refractivity contribution is 6.00. The number of rotatable bonds is 6. The average Bonchev–Trinajstić information content (AvgIpc) is 3.28. The van der Waals surface area contributed by atoms with E-state index in [1.165, 1.54) is 18.8 Å². The van der Waals surface area contributed by atoms with E-state index in [-0.39, 0.29) is 24.4 Å². The van der Waals surface area contributed by atoms with E-state index < -0.39 is 30.3 Å². The molecule has 3 atom stereocenters. The third-order valence-corrected chi connectivity index (χ3v) is 5.20. The van der Waals surface area contributed by atoms with Gasteiger partial charge < -0.3 is 29.0 Å². The predicted octanol–water partition coefficient (Wildman–Crippen LogP) is 1.95. The van der Waals surface area contributed by atoms with Crippen molar-refractivity contribution in [3.05, 3.63) is 58.4 Å². The summed E-state index contributed by atoms with van der Waals surface area (Å²) in [6.07, 6.45) is 1.27. The Hall–Kier alpha value is -2.94. The van der Waals surface area contributed by atoms with Crippen LogP contribution in [0.25, 0.3) is 12.2 Å². The lowest BCUT2D eigenvalue weighted by atomic mass is 9.98. The van der Waals surface area contributed by atoms with E-state index in [4.69, 9.17) is 14.2 Å². The van der Waals surface area contributed by atoms with Crippen LogP contribution >= 0.6 is 0 Å². The van der Waals surface area contributed by atoms with Gasteiger partial charge in [0.2, 0.25) is 0 Å². The number of carbonyl (C=O) groups excluding carboxylic acids is 2. The minimum atomic E-state index is -0.904. The van der Waals surface area contributed by atoms with Crippen molar-refractivity contribution in [3.8, 4) is 0 Å². The Morgan fingerprint density at radius 1 is 1.13 bits per heavy atom. The van der Waals surface area contributed by atoms with E-state index >= 15 is 0 Å². The number of carbonyl (C=O) groups is 2. The lowest BCUT2D eigenvalue weighted by Crippen LogP contribution is -2.24. The molecule has 1 aromatic heterocycles. The maximum Gasteiger partial charge on any atom is 0.355 e. The number of hydrogen-bond donors (Lipinski definition) is 2. The third-order valence-electron chi connectivity index (χ3n) is 5.20. The van der Waals surface area contributed by atoms with Crippen molar-refractivity contribution in [2.75, 3.05) is 20.8 Å². The Balaban J connectivity index is 2.22. The summed E-state index contributed by atoms with van der Waals surface area (Å²) in [7, 11) is 4.07. The van der Waals surface area contributed by atoms with Crippen molar-refractivity contribution in [3.63, 3.8) is 0 Å². The molecule has 3 unspecified atom stereocenters. The second kappa shape index (κ2) is 9.25. The van der Waals surface area contributed by atoms with Gasteiger partial charge in [0.05, 0.1) is 33.0 Å². The minimum absolute atomic E-state index is 0.126. The summed E-state index contributed by atoms with van der Waals surface area (Å²) in [5.74, 6) is -1.28. The van der Waals surface area contributed by atoms with Crippen molar-refractivity contribution in [1.82, 2.24) is 4.57 Å². The molecular weight excluding hydrogens is 390 g/mol. The van der Waals surface area contributed by atoms with Crippen LogP contribution in [0.5, 0.6) is 0 Å². The van der Waals surface area contributed by atoms with Gasteiger partial charge >= 0.3 is 11.9 Å². The van der Waals surface area contributed by atoms with Crippen LogP contribution in [0.1, 0.15) is 50.2 Å². The quantitative estimate of drug-likeness (QED) is 0.695. The largest absolute Gasteiger partial charge is 0.464 e. The highest BCUT2D eigenvalue weighted by Gasteiger charge is 2.40. The van der Waals surface area contributed by atoms with Crippen LogP contribution in [-0.4, -0.2) is 59.8 Å². The average molecular weight is 415 g/mol. The van der Waals surface area contributed by atoms with Crippen LogP contribution in [0.2, 0.25) is 0 Å². The standard InChI is InChI=1S/C22H25NO7/c1-23-19(21(26)28-2)14(10-9-13-7-5-4-6-8-13)18(20(23)22(27)29-3)16-11-15(25)17(12-24)30-16/h4-10,15-17,24-25H,11-12H2,1-3H3. The van der Waals surface area contributed by atoms with Crippen LogP contribution in [-0.2, 0) is 21.3 Å². The maximum absolute atomic E-state index is 12.6. The highest BCUT2D eigenvalue weighted by Crippen LogP contribution is 2.40. The fraction of sp³-hybridized carbons (Fsp3) is 0.364. The van der Waals surface area contributed by atoms with Gasteiger partial charge in [-0.15, -0.1) is 0 Å². The molecule has 2 N–H and O–H groups in total. The summed E-state index contributed by atoms with van der Waals surface area (Å²) < 4.78 is 17.1. The van der Waals surface area contributed by atoms with Crippen molar-refractivity contribution >= 4 is 24.1 Å². The van der Waals surface area contributed by atoms with Crippen LogP contribution in [0.4, 0.5) is 0 Å². The van der Waals surface area contributed by atoms with Gasteiger partial charge in [-0.3, -0.25) is 0 Å². The summed E-state index contributed by atoms with van der Waals surface area (Å²) in [6, 6.07) is 9.46. The molecule has 1 saturated heterocycles. The smallest absolute Gasteiger partial charge is 0.355 e. The molecule has 1 aliphatic rings. The molecule has 8 nitrogen and oxygen atoms in total. The van der Waals surface area contributed by atoms with Gasteiger partial charge in [0.1, 0.15) is 17.5 Å². The summed E-state index contributed by atoms with van der Waals surface area (Å²) in [6.45, 7) is -0.364. The fourth-order valence-corrected chi connectivity index (χ4v) is 3.73. The molecule has 2 heterocycles. The van der Waals surface area contributed by atoms with Crippen LogP contribution in [0.15, 0.2) is 30.3 Å². The summed E-state index contributed by atoms with van der Waals surface area (Å²) in [5, 5.41) is 19.7. The Labute approximate surface area is 174 Å². The van der Waals surface area contributed by atoms with Gasteiger partial charge in [-0.1, -0.05) is 42.5 Å². The first kappa shape index (κ1) is 21.8. The normalized spacial score (nSPS) is 21.2. The van der Waals surface area contributed by atoms with E-state index in [1.807, 2.05) is 30.3 Å². The van der Waals surface area contributed by atoms with Gasteiger partial charge in [-0.05, 0) is 5.56 Å². The van der Waals surface area contributed by atoms with Crippen LogP contribution in [0, 0.1) is 0 Å². The lowest BCUT2D eigenvalue weighted by Gasteiger charge is -2.14. The molecule has 2 aromatic rings. The molecule has 1 aromatic carbocycles. The van der Waals surface area contributed by atoms with E-state index in [0.29, 0.717) is 11.1 Å². The summed E-state index contributed by atoms with van der Waals surface area (Å²) in [4.78, 5) is 25.2. The zero-order chi connectivity index (χ0) is 21.8. The Morgan fingerprint density at radius 3 is 2.33 bits per heavy atom. The molecule has 0 amide bonds. The zero-order valence-corrected chi connectivity index (χ0v) is 17.1. The first-order valence-corrected chi connectivity index (χ1v) is 9.49. The minimum Gasteiger partial charge on any atom is -0.464 e. The molecule has 0 bridgehead atoms. The second-order valence-electron chi connectivity index (χ2n) is 6.96. The fourth-order valence-electron chi connectivity index (χ4n) is 3.73. The molecule has 30 heavy (non-hydrogen) atoms. The van der Waals surface area contributed by atoms with Gasteiger partial charge in [-0.2, -0.15) is 0 Å². The summed E-state index contributed by atoms with van der Waals surface area (Å²) >= 11 is 0. The molecule has 1 aliphatic heterocycles. The zero-order valence-electron chi connectivity index (χ0n) is 17.1. The number of nitrogens with zero attached hydrogens (tertiary/aromatic N) is 1. The highest BCUT2D eigenvalue weighted by atomic mass is 16.5. The maximum atomic E-state index is 12.6. The first-order valence-electron chi connectivity index (χ1n) is 9.49. The Kier molecular flexibility index (Phi) is 6.71. The number of aliphatic hydroxyl groups is 2. The molecule has 0 radical (unpaired) electrons. The Bertz CT molecular complexity index is 948. The molecular formula is C22H25NO7. The van der Waals surface area contributed by atoms with E-state index in [2.05, 4.69) is 0 Å². The van der Waals surface area contributed by atoms with Gasteiger partial charge in [-0.25, -0.2) is 9.59 Å². The SMILES string of the molecule is COC(=O)c1c(C=Cc2ccccc2)c(C2CC(O)C(CO)O2)c(C(=O)OC)n1C. The van der Waals surface area contributed by atoms with Crippen LogP contribution in [0.3, 0.4) is 0 Å². The number of ether oxygens (including phenoxy) is 3.